The van der Waals surface area contributed by atoms with Crippen LogP contribution in [0.15, 0.2) is 0 Å². The maximum absolute atomic E-state index is 9.65. The molecule has 0 radical (unpaired) electrons. The number of carboxylic acid groups (broad SMARTS) is 1. The molecule has 0 amide bonds. The van der Waals surface area contributed by atoms with Gasteiger partial charge in [-0.2, -0.15) is 0 Å². The van der Waals surface area contributed by atoms with Gasteiger partial charge in [-0.25, -0.2) is 0 Å². The maximum Gasteiger partial charge on any atom is 2.00 e. The van der Waals surface area contributed by atoms with Crippen molar-refractivity contribution in [2.45, 2.75) is 11.3 Å². The Hall–Kier alpha value is 1.31. The van der Waals surface area contributed by atoms with E-state index in [0.717, 1.165) is 6.92 Å². The summed E-state index contributed by atoms with van der Waals surface area (Å²) >= 11 is 9.94. The summed E-state index contributed by atoms with van der Waals surface area (Å²) in [6.07, 6.45) is 0. The quantitative estimate of drug-likeness (QED) is 0.407. The van der Waals surface area contributed by atoms with Gasteiger partial charge < -0.3 is 9.90 Å². The molecular formula is C3H3CaCl2O2+. The van der Waals surface area contributed by atoms with Crippen LogP contribution in [-0.2, 0) is 4.79 Å². The summed E-state index contributed by atoms with van der Waals surface area (Å²) in [5.74, 6) is -1.48. The van der Waals surface area contributed by atoms with Crippen LogP contribution in [-0.4, -0.2) is 48.0 Å². The number of hydrogen-bond acceptors (Lipinski definition) is 2. The SMILES string of the molecule is CC(Cl)(Cl)C(=O)[O-].[Ca+2]. The van der Waals surface area contributed by atoms with E-state index in [1.54, 1.807) is 0 Å². The van der Waals surface area contributed by atoms with Crippen LogP contribution in [0.5, 0.6) is 0 Å². The molecule has 2 nitrogen and oxygen atoms in total. The summed E-state index contributed by atoms with van der Waals surface area (Å²) in [4.78, 5) is 9.65. The molecule has 0 aromatic rings. The van der Waals surface area contributed by atoms with Gasteiger partial charge in [0.05, 0.1) is 5.97 Å². The number of hydrogen-bond donors (Lipinski definition) is 0. The van der Waals surface area contributed by atoms with Crippen LogP contribution in [0.4, 0.5) is 0 Å². The van der Waals surface area contributed by atoms with Crippen LogP contribution in [0.1, 0.15) is 6.92 Å². The fourth-order valence-corrected chi connectivity index (χ4v) is 0. The van der Waals surface area contributed by atoms with Crippen molar-refractivity contribution in [1.29, 1.82) is 0 Å². The number of carbonyl (C=O) groups is 1. The van der Waals surface area contributed by atoms with Crippen molar-refractivity contribution in [3.05, 3.63) is 0 Å². The summed E-state index contributed by atoms with van der Waals surface area (Å²) in [5.41, 5.74) is 0. The van der Waals surface area contributed by atoms with Crippen molar-refractivity contribution in [3.63, 3.8) is 0 Å². The molecule has 5 heteroatoms. The van der Waals surface area contributed by atoms with Crippen molar-refractivity contribution in [2.24, 2.45) is 0 Å². The minimum atomic E-state index is -1.75. The fourth-order valence-electron chi connectivity index (χ4n) is 0. The molecule has 0 N–H and O–H groups in total. The smallest absolute Gasteiger partial charge is 0.547 e. The van der Waals surface area contributed by atoms with Gasteiger partial charge in [-0.1, -0.05) is 23.2 Å². The van der Waals surface area contributed by atoms with Gasteiger partial charge in [0.2, 0.25) is 0 Å². The molecule has 0 aromatic carbocycles. The van der Waals surface area contributed by atoms with E-state index >= 15 is 0 Å². The minimum Gasteiger partial charge on any atom is -0.547 e. The Morgan fingerprint density at radius 1 is 1.62 bits per heavy atom. The molecule has 8 heavy (non-hydrogen) atoms. The number of alkyl halides is 2. The number of carbonyl (C=O) groups excluding carboxylic acids is 1. The van der Waals surface area contributed by atoms with Gasteiger partial charge in [0.1, 0.15) is 0 Å². The predicted octanol–water partition coefficient (Wildman–Crippen LogP) is -0.451. The first-order valence-corrected chi connectivity index (χ1v) is 2.29. The van der Waals surface area contributed by atoms with Gasteiger partial charge in [-0.05, 0) is 6.92 Å². The molecule has 0 heterocycles. The zero-order valence-corrected chi connectivity index (χ0v) is 8.00. The van der Waals surface area contributed by atoms with Crippen molar-refractivity contribution in [2.75, 3.05) is 0 Å². The Bertz CT molecular complexity index is 87.8. The van der Waals surface area contributed by atoms with Crippen LogP contribution in [0.25, 0.3) is 0 Å². The maximum atomic E-state index is 9.65. The molecule has 42 valence electrons. The standard InChI is InChI=1S/C3H4Cl2O2.Ca/c1-3(4,5)2(6)7;/h1H3,(H,6,7);/q;+2/p-1. The van der Waals surface area contributed by atoms with Crippen LogP contribution >= 0.6 is 23.2 Å². The molecule has 0 aliphatic carbocycles. The summed E-state index contributed by atoms with van der Waals surface area (Å²) in [7, 11) is 0. The molecule has 0 aliphatic rings. The summed E-state index contributed by atoms with van der Waals surface area (Å²) < 4.78 is -1.75. The van der Waals surface area contributed by atoms with E-state index in [1.807, 2.05) is 0 Å². The molecule has 0 aliphatic heterocycles. The fraction of sp³-hybridized carbons (Fsp3) is 0.667. The van der Waals surface area contributed by atoms with Crippen LogP contribution < -0.4 is 5.11 Å². The Kier molecular flexibility index (Phi) is 6.28. The average Bonchev–Trinajstić information content (AvgIpc) is 1.31. The molecule has 0 fully saturated rings. The topological polar surface area (TPSA) is 40.1 Å². The molecule has 0 rings (SSSR count). The molecule has 0 aromatic heterocycles. The van der Waals surface area contributed by atoms with E-state index in [4.69, 9.17) is 23.2 Å². The first kappa shape index (κ1) is 12.0. The zero-order chi connectivity index (χ0) is 6.08. The number of carboxylic acids is 1. The van der Waals surface area contributed by atoms with Crippen molar-refractivity contribution in [1.82, 2.24) is 0 Å². The molecule has 0 saturated carbocycles. The first-order valence-electron chi connectivity index (χ1n) is 1.54. The van der Waals surface area contributed by atoms with E-state index < -0.39 is 10.3 Å². The van der Waals surface area contributed by atoms with Gasteiger partial charge in [0.15, 0.2) is 4.33 Å². The van der Waals surface area contributed by atoms with E-state index in [-0.39, 0.29) is 37.7 Å². The van der Waals surface area contributed by atoms with E-state index in [2.05, 4.69) is 0 Å². The molecule has 0 saturated heterocycles. The van der Waals surface area contributed by atoms with Crippen LogP contribution in [0.2, 0.25) is 0 Å². The average molecular weight is 182 g/mol. The predicted molar refractivity (Wildman–Crippen MR) is 30.9 cm³/mol. The molecule has 0 spiro atoms. The van der Waals surface area contributed by atoms with Gasteiger partial charge in [-0.3, -0.25) is 0 Å². The Labute approximate surface area is 87.1 Å². The van der Waals surface area contributed by atoms with E-state index in [0.29, 0.717) is 0 Å². The zero-order valence-electron chi connectivity index (χ0n) is 4.28. The molecular weight excluding hydrogens is 179 g/mol. The van der Waals surface area contributed by atoms with E-state index in [9.17, 15) is 9.90 Å². The number of aliphatic carboxylic acids is 1. The minimum absolute atomic E-state index is 0. The molecule has 0 unspecified atom stereocenters. The van der Waals surface area contributed by atoms with Gasteiger partial charge >= 0.3 is 37.7 Å². The second kappa shape index (κ2) is 4.18. The molecule has 0 atom stereocenters. The third kappa shape index (κ3) is 5.45. The van der Waals surface area contributed by atoms with Crippen LogP contribution in [0, 0.1) is 0 Å². The Morgan fingerprint density at radius 3 is 1.75 bits per heavy atom. The Balaban J connectivity index is 0. The normalized spacial score (nSPS) is 9.88. The van der Waals surface area contributed by atoms with Gasteiger partial charge in [0.25, 0.3) is 0 Å². The van der Waals surface area contributed by atoms with Gasteiger partial charge in [0, 0.05) is 0 Å². The van der Waals surface area contributed by atoms with Gasteiger partial charge in [-0.15, -0.1) is 0 Å². The third-order valence-electron chi connectivity index (χ3n) is 0.358. The summed E-state index contributed by atoms with van der Waals surface area (Å²) in [6.45, 7) is 1.13. The van der Waals surface area contributed by atoms with Crippen molar-refractivity contribution in [3.8, 4) is 0 Å². The molecule has 0 bridgehead atoms. The second-order valence-corrected chi connectivity index (χ2v) is 2.88. The monoisotopic (exact) mass is 181 g/mol. The summed E-state index contributed by atoms with van der Waals surface area (Å²) in [6, 6.07) is 0. The largest absolute Gasteiger partial charge is 2.00 e. The second-order valence-electron chi connectivity index (χ2n) is 1.18. The van der Waals surface area contributed by atoms with Crippen molar-refractivity contribution >= 4 is 66.9 Å². The first-order chi connectivity index (χ1) is 2.94. The van der Waals surface area contributed by atoms with E-state index in [1.165, 1.54) is 0 Å². The third-order valence-corrected chi connectivity index (χ3v) is 0.667. The summed E-state index contributed by atoms with van der Waals surface area (Å²) in [5, 5.41) is 9.65. The number of rotatable bonds is 1. The van der Waals surface area contributed by atoms with Crippen LogP contribution in [0.3, 0.4) is 0 Å². The Morgan fingerprint density at radius 2 is 1.75 bits per heavy atom. The van der Waals surface area contributed by atoms with Crippen molar-refractivity contribution < 1.29 is 9.90 Å². The number of halogens is 2.